The standard InChI is InChI=1S/C26H25N3O5/c1-2-17(12-24(30)28-18-11-16(25(31)32)13-27-14-18)29-26(33)34-15-23-21-9-5-3-7-19(21)20-8-4-6-10-22(20)23/h3-11,13-14,17,23H,2,12,15H2,1H3,(H,28,30)(H,29,33)(H,31,32)/t17-/m0/s1. The number of hydrogen-bond donors (Lipinski definition) is 3. The van der Waals surface area contributed by atoms with Crippen LogP contribution in [0, 0.1) is 0 Å². The molecule has 1 aromatic heterocycles. The molecule has 1 aliphatic carbocycles. The zero-order chi connectivity index (χ0) is 24.1. The lowest BCUT2D eigenvalue weighted by Crippen LogP contribution is -2.38. The number of ether oxygens (including phenoxy) is 1. The van der Waals surface area contributed by atoms with Gasteiger partial charge in [0.25, 0.3) is 0 Å². The SMILES string of the molecule is CC[C@@H](CC(=O)Nc1cncc(C(=O)O)c1)NC(=O)OCC1c2ccccc2-c2ccccc21. The van der Waals surface area contributed by atoms with Gasteiger partial charge in [0.05, 0.1) is 17.4 Å². The number of nitrogens with zero attached hydrogens (tertiary/aromatic N) is 1. The number of alkyl carbamates (subject to hydrolysis) is 1. The van der Waals surface area contributed by atoms with Crippen molar-refractivity contribution in [3.05, 3.63) is 83.7 Å². The highest BCUT2D eigenvalue weighted by Crippen LogP contribution is 2.44. The van der Waals surface area contributed by atoms with Crippen LogP contribution in [0.2, 0.25) is 0 Å². The summed E-state index contributed by atoms with van der Waals surface area (Å²) in [5.74, 6) is -1.54. The molecule has 0 saturated carbocycles. The van der Waals surface area contributed by atoms with E-state index in [-0.39, 0.29) is 36.1 Å². The van der Waals surface area contributed by atoms with Crippen molar-refractivity contribution in [2.45, 2.75) is 31.7 Å². The van der Waals surface area contributed by atoms with Crippen LogP contribution in [0.15, 0.2) is 67.0 Å². The molecular formula is C26H25N3O5. The molecule has 0 fully saturated rings. The molecule has 0 radical (unpaired) electrons. The van der Waals surface area contributed by atoms with Crippen LogP contribution in [0.1, 0.15) is 47.2 Å². The van der Waals surface area contributed by atoms with E-state index in [1.165, 1.54) is 18.5 Å². The number of carbonyl (C=O) groups is 3. The first kappa shape index (κ1) is 23.0. The first-order valence-corrected chi connectivity index (χ1v) is 11.1. The Morgan fingerprint density at radius 1 is 1.03 bits per heavy atom. The first-order chi connectivity index (χ1) is 16.5. The van der Waals surface area contributed by atoms with Crippen LogP contribution in [0.5, 0.6) is 0 Å². The van der Waals surface area contributed by atoms with Gasteiger partial charge in [-0.3, -0.25) is 9.78 Å². The normalized spacial score (nSPS) is 12.9. The van der Waals surface area contributed by atoms with Crippen molar-refractivity contribution in [2.75, 3.05) is 11.9 Å². The number of amides is 2. The van der Waals surface area contributed by atoms with Crippen molar-refractivity contribution < 1.29 is 24.2 Å². The Labute approximate surface area is 197 Å². The molecule has 1 heterocycles. The van der Waals surface area contributed by atoms with Crippen molar-refractivity contribution >= 4 is 23.7 Å². The molecule has 4 rings (SSSR count). The van der Waals surface area contributed by atoms with Crippen LogP contribution >= 0.6 is 0 Å². The average molecular weight is 460 g/mol. The first-order valence-electron chi connectivity index (χ1n) is 11.1. The van der Waals surface area contributed by atoms with Crippen LogP contribution in [0.25, 0.3) is 11.1 Å². The van der Waals surface area contributed by atoms with Gasteiger partial charge in [-0.2, -0.15) is 0 Å². The molecule has 1 aliphatic rings. The second-order valence-corrected chi connectivity index (χ2v) is 8.09. The number of pyridine rings is 1. The van der Waals surface area contributed by atoms with E-state index < -0.39 is 18.1 Å². The molecule has 2 aromatic carbocycles. The summed E-state index contributed by atoms with van der Waals surface area (Å²) in [7, 11) is 0. The number of rotatable bonds is 8. The molecule has 0 spiro atoms. The molecule has 174 valence electrons. The fourth-order valence-corrected chi connectivity index (χ4v) is 4.17. The second-order valence-electron chi connectivity index (χ2n) is 8.09. The summed E-state index contributed by atoms with van der Waals surface area (Å²) in [4.78, 5) is 39.8. The Bertz CT molecular complexity index is 1180. The van der Waals surface area contributed by atoms with Crippen LogP contribution < -0.4 is 10.6 Å². The topological polar surface area (TPSA) is 118 Å². The molecule has 0 aliphatic heterocycles. The summed E-state index contributed by atoms with van der Waals surface area (Å²) in [6.07, 6.45) is 2.51. The number of nitrogens with one attached hydrogen (secondary N) is 2. The molecule has 8 nitrogen and oxygen atoms in total. The summed E-state index contributed by atoms with van der Waals surface area (Å²) < 4.78 is 5.56. The van der Waals surface area contributed by atoms with Gasteiger partial charge in [-0.15, -0.1) is 0 Å². The third kappa shape index (κ3) is 5.06. The third-order valence-corrected chi connectivity index (χ3v) is 5.86. The van der Waals surface area contributed by atoms with Gasteiger partial charge >= 0.3 is 12.1 Å². The molecule has 3 N–H and O–H groups in total. The summed E-state index contributed by atoms with van der Waals surface area (Å²) in [5.41, 5.74) is 4.80. The highest BCUT2D eigenvalue weighted by Gasteiger charge is 2.29. The summed E-state index contributed by atoms with van der Waals surface area (Å²) in [6, 6.07) is 17.1. The van der Waals surface area contributed by atoms with Gasteiger partial charge in [0.15, 0.2) is 0 Å². The van der Waals surface area contributed by atoms with Gasteiger partial charge in [0, 0.05) is 24.6 Å². The van der Waals surface area contributed by atoms with Gasteiger partial charge in [-0.05, 0) is 34.7 Å². The number of carbonyl (C=O) groups excluding carboxylic acids is 2. The fraction of sp³-hybridized carbons (Fsp3) is 0.231. The number of aromatic nitrogens is 1. The van der Waals surface area contributed by atoms with Crippen molar-refractivity contribution in [2.24, 2.45) is 0 Å². The molecule has 0 saturated heterocycles. The number of benzene rings is 2. The maximum Gasteiger partial charge on any atom is 0.407 e. The van der Waals surface area contributed by atoms with E-state index >= 15 is 0 Å². The number of carboxylic acids is 1. The number of fused-ring (bicyclic) bond motifs is 3. The summed E-state index contributed by atoms with van der Waals surface area (Å²) in [5, 5.41) is 14.4. The van der Waals surface area contributed by atoms with Gasteiger partial charge < -0.3 is 20.5 Å². The van der Waals surface area contributed by atoms with E-state index in [1.54, 1.807) is 0 Å². The number of carboxylic acid groups (broad SMARTS) is 1. The van der Waals surface area contributed by atoms with E-state index in [9.17, 15) is 14.4 Å². The Kier molecular flexibility index (Phi) is 6.87. The molecule has 2 amide bonds. The zero-order valence-corrected chi connectivity index (χ0v) is 18.7. The zero-order valence-electron chi connectivity index (χ0n) is 18.7. The Morgan fingerprint density at radius 3 is 2.29 bits per heavy atom. The van der Waals surface area contributed by atoms with Crippen molar-refractivity contribution in [1.82, 2.24) is 10.3 Å². The third-order valence-electron chi connectivity index (χ3n) is 5.86. The maximum absolute atomic E-state index is 12.5. The highest BCUT2D eigenvalue weighted by atomic mass is 16.5. The average Bonchev–Trinajstić information content (AvgIpc) is 3.16. The van der Waals surface area contributed by atoms with Gasteiger partial charge in [0.2, 0.25) is 5.91 Å². The highest BCUT2D eigenvalue weighted by molar-refractivity contribution is 5.93. The fourth-order valence-electron chi connectivity index (χ4n) is 4.17. The van der Waals surface area contributed by atoms with E-state index in [0.29, 0.717) is 6.42 Å². The Hall–Kier alpha value is -4.20. The van der Waals surface area contributed by atoms with Gasteiger partial charge in [0.1, 0.15) is 6.61 Å². The second kappa shape index (κ2) is 10.2. The molecule has 0 unspecified atom stereocenters. The number of anilines is 1. The summed E-state index contributed by atoms with van der Waals surface area (Å²) in [6.45, 7) is 2.05. The quantitative estimate of drug-likeness (QED) is 0.459. The molecule has 34 heavy (non-hydrogen) atoms. The molecular weight excluding hydrogens is 434 g/mol. The molecule has 0 bridgehead atoms. The molecule has 3 aromatic rings. The van der Waals surface area contributed by atoms with Crippen LogP contribution in [0.3, 0.4) is 0 Å². The van der Waals surface area contributed by atoms with Crippen LogP contribution in [0.4, 0.5) is 10.5 Å². The van der Waals surface area contributed by atoms with Crippen LogP contribution in [-0.4, -0.2) is 40.7 Å². The largest absolute Gasteiger partial charge is 0.478 e. The lowest BCUT2D eigenvalue weighted by atomic mass is 9.98. The lowest BCUT2D eigenvalue weighted by Gasteiger charge is -2.19. The van der Waals surface area contributed by atoms with Crippen molar-refractivity contribution in [3.8, 4) is 11.1 Å². The summed E-state index contributed by atoms with van der Waals surface area (Å²) >= 11 is 0. The molecule has 8 heteroatoms. The van der Waals surface area contributed by atoms with Crippen molar-refractivity contribution in [3.63, 3.8) is 0 Å². The minimum Gasteiger partial charge on any atom is -0.478 e. The van der Waals surface area contributed by atoms with Gasteiger partial charge in [-0.1, -0.05) is 55.5 Å². The predicted molar refractivity (Wildman–Crippen MR) is 127 cm³/mol. The van der Waals surface area contributed by atoms with Crippen LogP contribution in [-0.2, 0) is 9.53 Å². The van der Waals surface area contributed by atoms with E-state index in [2.05, 4.69) is 39.9 Å². The van der Waals surface area contributed by atoms with Crippen molar-refractivity contribution in [1.29, 1.82) is 0 Å². The predicted octanol–water partition coefficient (Wildman–Crippen LogP) is 4.43. The number of aromatic carboxylic acids is 1. The monoisotopic (exact) mass is 459 g/mol. The Balaban J connectivity index is 1.33. The minimum atomic E-state index is -1.13. The minimum absolute atomic E-state index is 0.0119. The van der Waals surface area contributed by atoms with Gasteiger partial charge in [-0.25, -0.2) is 9.59 Å². The number of hydrogen-bond acceptors (Lipinski definition) is 5. The Morgan fingerprint density at radius 2 is 1.68 bits per heavy atom. The van der Waals surface area contributed by atoms with E-state index in [0.717, 1.165) is 22.3 Å². The van der Waals surface area contributed by atoms with E-state index in [4.69, 9.17) is 9.84 Å². The smallest absolute Gasteiger partial charge is 0.407 e. The maximum atomic E-state index is 12.5. The molecule has 1 atom stereocenters. The lowest BCUT2D eigenvalue weighted by molar-refractivity contribution is -0.116. The van der Waals surface area contributed by atoms with E-state index in [1.807, 2.05) is 31.2 Å².